The van der Waals surface area contributed by atoms with Gasteiger partial charge in [-0.1, -0.05) is 27.2 Å². The second-order valence-electron chi connectivity index (χ2n) is 5.34. The quantitative estimate of drug-likeness (QED) is 0.894. The van der Waals surface area contributed by atoms with E-state index in [4.69, 9.17) is 0 Å². The largest absolute Gasteiger partial charge is 0.342 e. The Labute approximate surface area is 118 Å². The van der Waals surface area contributed by atoms with Gasteiger partial charge in [0.25, 0.3) is 0 Å². The van der Waals surface area contributed by atoms with Crippen LogP contribution in [0.5, 0.6) is 0 Å². The first kappa shape index (κ1) is 14.4. The first-order valence-corrected chi connectivity index (χ1v) is 6.94. The number of nitrogens with one attached hydrogen (secondary N) is 1. The molecule has 1 aliphatic rings. The molecule has 0 aliphatic carbocycles. The highest BCUT2D eigenvalue weighted by Gasteiger charge is 2.42. The molecule has 1 saturated heterocycles. The molecule has 2 heterocycles. The van der Waals surface area contributed by atoms with Crippen LogP contribution in [0.4, 0.5) is 5.69 Å². The van der Waals surface area contributed by atoms with E-state index in [1.807, 2.05) is 20.8 Å². The zero-order valence-corrected chi connectivity index (χ0v) is 12.0. The molecule has 2 amide bonds. The van der Waals surface area contributed by atoms with Crippen LogP contribution in [0.3, 0.4) is 0 Å². The Morgan fingerprint density at radius 1 is 1.30 bits per heavy atom. The second kappa shape index (κ2) is 5.98. The van der Waals surface area contributed by atoms with E-state index >= 15 is 0 Å². The minimum absolute atomic E-state index is 0.0155. The predicted molar refractivity (Wildman–Crippen MR) is 75.0 cm³/mol. The number of nitrogens with zero attached hydrogens (tertiary/aromatic N) is 3. The molecule has 6 heteroatoms. The molecule has 0 aromatic carbocycles. The maximum Gasteiger partial charge on any atom is 0.250 e. The fourth-order valence-electron chi connectivity index (χ4n) is 2.53. The molecule has 108 valence electrons. The van der Waals surface area contributed by atoms with Crippen molar-refractivity contribution in [1.29, 1.82) is 0 Å². The third-order valence-electron chi connectivity index (χ3n) is 3.43. The maximum atomic E-state index is 12.6. The van der Waals surface area contributed by atoms with Crippen molar-refractivity contribution < 1.29 is 9.59 Å². The zero-order valence-electron chi connectivity index (χ0n) is 12.0. The number of carbonyl (C=O) groups excluding carboxylic acids is 2. The molecule has 20 heavy (non-hydrogen) atoms. The molecule has 0 radical (unpaired) electrons. The van der Waals surface area contributed by atoms with Crippen LogP contribution in [0.2, 0.25) is 0 Å². The van der Waals surface area contributed by atoms with Crippen LogP contribution in [-0.2, 0) is 9.59 Å². The Morgan fingerprint density at radius 3 is 2.50 bits per heavy atom. The van der Waals surface area contributed by atoms with E-state index in [-0.39, 0.29) is 17.7 Å². The Balaban J connectivity index is 2.39. The van der Waals surface area contributed by atoms with E-state index in [0.29, 0.717) is 12.1 Å². The van der Waals surface area contributed by atoms with E-state index in [1.165, 1.54) is 6.33 Å². The van der Waals surface area contributed by atoms with E-state index in [0.717, 1.165) is 6.42 Å². The van der Waals surface area contributed by atoms with Crippen LogP contribution < -0.4 is 10.2 Å². The van der Waals surface area contributed by atoms with Crippen LogP contribution in [-0.4, -0.2) is 33.9 Å². The van der Waals surface area contributed by atoms with E-state index < -0.39 is 12.1 Å². The van der Waals surface area contributed by atoms with Crippen LogP contribution >= 0.6 is 0 Å². The van der Waals surface area contributed by atoms with Crippen LogP contribution in [0.1, 0.15) is 33.6 Å². The van der Waals surface area contributed by atoms with Crippen molar-refractivity contribution in [2.75, 3.05) is 4.90 Å². The number of amides is 2. The van der Waals surface area contributed by atoms with Gasteiger partial charge in [0.2, 0.25) is 11.8 Å². The van der Waals surface area contributed by atoms with Crippen molar-refractivity contribution in [3.63, 3.8) is 0 Å². The van der Waals surface area contributed by atoms with Crippen LogP contribution in [0.25, 0.3) is 0 Å². The summed E-state index contributed by atoms with van der Waals surface area (Å²) in [6, 6.07) is -0.968. The number of aromatic nitrogens is 2. The van der Waals surface area contributed by atoms with Crippen LogP contribution in [0.15, 0.2) is 18.7 Å². The summed E-state index contributed by atoms with van der Waals surface area (Å²) in [6.07, 6.45) is 6.03. The van der Waals surface area contributed by atoms with E-state index in [9.17, 15) is 9.59 Å². The molecule has 0 saturated carbocycles. The molecule has 1 aliphatic heterocycles. The predicted octanol–water partition coefficient (Wildman–Crippen LogP) is 1.13. The highest BCUT2D eigenvalue weighted by atomic mass is 16.2. The fourth-order valence-corrected chi connectivity index (χ4v) is 2.53. The molecule has 1 fully saturated rings. The normalized spacial score (nSPS) is 23.1. The zero-order chi connectivity index (χ0) is 14.7. The average Bonchev–Trinajstić information content (AvgIpc) is 2.43. The van der Waals surface area contributed by atoms with Crippen molar-refractivity contribution in [3.05, 3.63) is 18.7 Å². The average molecular weight is 276 g/mol. The van der Waals surface area contributed by atoms with Crippen molar-refractivity contribution in [1.82, 2.24) is 15.3 Å². The Hall–Kier alpha value is -1.98. The van der Waals surface area contributed by atoms with Crippen molar-refractivity contribution in [2.45, 2.75) is 45.7 Å². The lowest BCUT2D eigenvalue weighted by Gasteiger charge is -2.40. The highest BCUT2D eigenvalue weighted by molar-refractivity contribution is 6.08. The molecule has 0 bridgehead atoms. The van der Waals surface area contributed by atoms with Gasteiger partial charge in [-0.05, 0) is 12.3 Å². The summed E-state index contributed by atoms with van der Waals surface area (Å²) in [5.74, 6) is -0.177. The van der Waals surface area contributed by atoms with E-state index in [2.05, 4.69) is 15.3 Å². The van der Waals surface area contributed by atoms with Gasteiger partial charge in [0.15, 0.2) is 0 Å². The number of carbonyl (C=O) groups is 2. The summed E-state index contributed by atoms with van der Waals surface area (Å²) >= 11 is 0. The minimum atomic E-state index is -0.512. The molecular formula is C14H20N4O2. The van der Waals surface area contributed by atoms with Gasteiger partial charge >= 0.3 is 0 Å². The van der Waals surface area contributed by atoms with Crippen molar-refractivity contribution in [2.24, 2.45) is 5.92 Å². The van der Waals surface area contributed by atoms with Gasteiger partial charge < -0.3 is 5.32 Å². The number of piperazine rings is 1. The lowest BCUT2D eigenvalue weighted by atomic mass is 9.95. The Morgan fingerprint density at radius 2 is 1.95 bits per heavy atom. The number of hydrogen-bond acceptors (Lipinski definition) is 4. The standard InChI is InChI=1S/C14H20N4O2/c1-4-5-11-14(20)18(10-6-15-8-16-7-10)12(9(2)3)13(19)17-11/h6-9,11-12H,4-5H2,1-3H3,(H,17,19). The van der Waals surface area contributed by atoms with Gasteiger partial charge in [0, 0.05) is 0 Å². The minimum Gasteiger partial charge on any atom is -0.342 e. The summed E-state index contributed by atoms with van der Waals surface area (Å²) in [7, 11) is 0. The number of rotatable bonds is 4. The Bertz CT molecular complexity index is 489. The first-order valence-electron chi connectivity index (χ1n) is 6.94. The van der Waals surface area contributed by atoms with Gasteiger partial charge in [-0.2, -0.15) is 0 Å². The van der Waals surface area contributed by atoms with Crippen molar-refractivity contribution >= 4 is 17.5 Å². The molecule has 2 atom stereocenters. The first-order chi connectivity index (χ1) is 9.56. The molecular weight excluding hydrogens is 256 g/mol. The molecule has 2 unspecified atom stereocenters. The maximum absolute atomic E-state index is 12.6. The van der Waals surface area contributed by atoms with Crippen LogP contribution in [0, 0.1) is 5.92 Å². The molecule has 0 spiro atoms. The van der Waals surface area contributed by atoms with Gasteiger partial charge in [-0.15, -0.1) is 0 Å². The monoisotopic (exact) mass is 276 g/mol. The lowest BCUT2D eigenvalue weighted by molar-refractivity contribution is -0.135. The molecule has 6 nitrogen and oxygen atoms in total. The summed E-state index contributed by atoms with van der Waals surface area (Å²) in [5, 5.41) is 2.83. The van der Waals surface area contributed by atoms with Gasteiger partial charge in [-0.25, -0.2) is 9.97 Å². The third-order valence-corrected chi connectivity index (χ3v) is 3.43. The summed E-state index contributed by atoms with van der Waals surface area (Å²) in [4.78, 5) is 34.4. The van der Waals surface area contributed by atoms with Gasteiger partial charge in [0.1, 0.15) is 18.4 Å². The molecule has 1 N–H and O–H groups in total. The van der Waals surface area contributed by atoms with Gasteiger partial charge in [0.05, 0.1) is 18.1 Å². The SMILES string of the molecule is CCCC1NC(=O)C(C(C)C)N(c2cncnc2)C1=O. The second-order valence-corrected chi connectivity index (χ2v) is 5.34. The third kappa shape index (κ3) is 2.64. The number of anilines is 1. The Kier molecular flexibility index (Phi) is 4.32. The lowest BCUT2D eigenvalue weighted by Crippen LogP contribution is -2.65. The highest BCUT2D eigenvalue weighted by Crippen LogP contribution is 2.25. The topological polar surface area (TPSA) is 75.2 Å². The fraction of sp³-hybridized carbons (Fsp3) is 0.571. The van der Waals surface area contributed by atoms with Crippen molar-refractivity contribution in [3.8, 4) is 0 Å². The van der Waals surface area contributed by atoms with E-state index in [1.54, 1.807) is 17.3 Å². The summed E-state index contributed by atoms with van der Waals surface area (Å²) < 4.78 is 0. The van der Waals surface area contributed by atoms with Gasteiger partial charge in [-0.3, -0.25) is 14.5 Å². The molecule has 1 aromatic heterocycles. The smallest absolute Gasteiger partial charge is 0.250 e. The molecule has 1 aromatic rings. The summed E-state index contributed by atoms with van der Waals surface area (Å²) in [6.45, 7) is 5.84. The number of hydrogen-bond donors (Lipinski definition) is 1. The molecule has 2 rings (SSSR count). The summed E-state index contributed by atoms with van der Waals surface area (Å²) in [5.41, 5.74) is 0.576.